The molecule has 142 valence electrons. The molecule has 0 N–H and O–H groups in total. The van der Waals surface area contributed by atoms with Gasteiger partial charge in [0.15, 0.2) is 5.79 Å². The second kappa shape index (κ2) is 10.3. The lowest BCUT2D eigenvalue weighted by Crippen LogP contribution is -2.45. The molecular formula is C23H33NO2. The predicted molar refractivity (Wildman–Crippen MR) is 110 cm³/mol. The molecule has 2 fully saturated rings. The fourth-order valence-corrected chi connectivity index (χ4v) is 3.33. The molecule has 0 amide bonds. The molecule has 3 nitrogen and oxygen atoms in total. The van der Waals surface area contributed by atoms with Crippen LogP contribution in [0.5, 0.6) is 0 Å². The molecule has 0 atom stereocenters. The van der Waals surface area contributed by atoms with Crippen LogP contribution in [0.2, 0.25) is 0 Å². The smallest absolute Gasteiger partial charge is 0.171 e. The van der Waals surface area contributed by atoms with Crippen molar-refractivity contribution in [3.05, 3.63) is 65.7 Å². The minimum Gasteiger partial charge on any atom is -0.371 e. The Hall–Kier alpha value is -1.84. The second-order valence-corrected chi connectivity index (χ2v) is 6.54. The van der Waals surface area contributed by atoms with Gasteiger partial charge in [0.2, 0.25) is 0 Å². The van der Waals surface area contributed by atoms with E-state index >= 15 is 0 Å². The number of piperidine rings is 1. The van der Waals surface area contributed by atoms with Gasteiger partial charge in [0, 0.05) is 31.6 Å². The molecule has 0 unspecified atom stereocenters. The molecule has 2 aromatic rings. The monoisotopic (exact) mass is 355 g/mol. The summed E-state index contributed by atoms with van der Waals surface area (Å²) in [6.07, 6.45) is 1.95. The summed E-state index contributed by atoms with van der Waals surface area (Å²) in [5, 5.41) is 0. The highest BCUT2D eigenvalue weighted by molar-refractivity contribution is 5.53. The summed E-state index contributed by atoms with van der Waals surface area (Å²) in [4.78, 5) is 2.44. The number of rotatable bonds is 1. The molecule has 2 heterocycles. The van der Waals surface area contributed by atoms with Gasteiger partial charge in [-0.3, -0.25) is 0 Å². The van der Waals surface area contributed by atoms with Crippen LogP contribution in [-0.4, -0.2) is 32.1 Å². The maximum Gasteiger partial charge on any atom is 0.171 e. The standard InChI is InChI=1S/C14H19NO2.C7H8.C2H6/c1-12-4-2-3-5-13(12)15-8-6-14(7-9-15)16-10-11-17-14;1-7-5-3-2-4-6-7;1-2/h2-5H,6-11H2,1H3;2-6H,1H3;1-2H3. The van der Waals surface area contributed by atoms with E-state index < -0.39 is 0 Å². The summed E-state index contributed by atoms with van der Waals surface area (Å²) in [7, 11) is 0. The average Bonchev–Trinajstić information content (AvgIpc) is 3.14. The first-order valence-corrected chi connectivity index (χ1v) is 9.79. The first-order chi connectivity index (χ1) is 12.7. The summed E-state index contributed by atoms with van der Waals surface area (Å²) < 4.78 is 11.5. The highest BCUT2D eigenvalue weighted by Gasteiger charge is 2.39. The molecule has 4 rings (SSSR count). The Labute approximate surface area is 158 Å². The first kappa shape index (κ1) is 20.5. The van der Waals surface area contributed by atoms with Crippen LogP contribution in [0.25, 0.3) is 0 Å². The molecule has 2 saturated heterocycles. The van der Waals surface area contributed by atoms with Crippen molar-refractivity contribution in [3.63, 3.8) is 0 Å². The molecule has 0 bridgehead atoms. The van der Waals surface area contributed by atoms with Crippen molar-refractivity contribution < 1.29 is 9.47 Å². The number of para-hydroxylation sites is 1. The van der Waals surface area contributed by atoms with Gasteiger partial charge in [-0.15, -0.1) is 0 Å². The average molecular weight is 356 g/mol. The van der Waals surface area contributed by atoms with Crippen molar-refractivity contribution in [3.8, 4) is 0 Å². The molecule has 0 aromatic heterocycles. The molecule has 26 heavy (non-hydrogen) atoms. The largest absolute Gasteiger partial charge is 0.371 e. The number of aryl methyl sites for hydroxylation is 2. The van der Waals surface area contributed by atoms with E-state index in [2.05, 4.69) is 55.1 Å². The number of nitrogens with zero attached hydrogens (tertiary/aromatic N) is 1. The first-order valence-electron chi connectivity index (χ1n) is 9.79. The number of hydrogen-bond acceptors (Lipinski definition) is 3. The van der Waals surface area contributed by atoms with Crippen molar-refractivity contribution in [1.29, 1.82) is 0 Å². The Kier molecular flexibility index (Phi) is 8.14. The normalized spacial score (nSPS) is 17.8. The minimum atomic E-state index is -0.265. The van der Waals surface area contributed by atoms with E-state index in [1.54, 1.807) is 0 Å². The molecule has 2 aliphatic heterocycles. The van der Waals surface area contributed by atoms with Crippen LogP contribution in [0.1, 0.15) is 37.8 Å². The number of anilines is 1. The Morgan fingerprint density at radius 2 is 1.31 bits per heavy atom. The van der Waals surface area contributed by atoms with Crippen LogP contribution in [0.3, 0.4) is 0 Å². The molecule has 3 heteroatoms. The van der Waals surface area contributed by atoms with Crippen LogP contribution in [0.4, 0.5) is 5.69 Å². The van der Waals surface area contributed by atoms with E-state index in [-0.39, 0.29) is 5.79 Å². The van der Waals surface area contributed by atoms with Gasteiger partial charge >= 0.3 is 0 Å². The number of hydrogen-bond donors (Lipinski definition) is 0. The molecule has 2 aromatic carbocycles. The van der Waals surface area contributed by atoms with E-state index in [1.807, 2.05) is 32.0 Å². The van der Waals surface area contributed by atoms with E-state index in [0.29, 0.717) is 0 Å². The zero-order chi connectivity index (χ0) is 18.8. The van der Waals surface area contributed by atoms with Gasteiger partial charge in [0.05, 0.1) is 13.2 Å². The zero-order valence-electron chi connectivity index (χ0n) is 16.7. The summed E-state index contributed by atoms with van der Waals surface area (Å²) in [5.74, 6) is -0.265. The van der Waals surface area contributed by atoms with E-state index in [0.717, 1.165) is 39.1 Å². The van der Waals surface area contributed by atoms with Crippen molar-refractivity contribution in [2.24, 2.45) is 0 Å². The fraction of sp³-hybridized carbons (Fsp3) is 0.478. The Morgan fingerprint density at radius 1 is 0.769 bits per heavy atom. The summed E-state index contributed by atoms with van der Waals surface area (Å²) in [6, 6.07) is 18.8. The lowest BCUT2D eigenvalue weighted by atomic mass is 10.0. The number of benzene rings is 2. The predicted octanol–water partition coefficient (Wildman–Crippen LogP) is 5.36. The maximum atomic E-state index is 5.75. The van der Waals surface area contributed by atoms with Gasteiger partial charge in [-0.25, -0.2) is 0 Å². The topological polar surface area (TPSA) is 21.7 Å². The fourth-order valence-electron chi connectivity index (χ4n) is 3.33. The van der Waals surface area contributed by atoms with Gasteiger partial charge in [0.25, 0.3) is 0 Å². The van der Waals surface area contributed by atoms with Crippen LogP contribution in [0.15, 0.2) is 54.6 Å². The third-order valence-electron chi connectivity index (χ3n) is 4.74. The van der Waals surface area contributed by atoms with Gasteiger partial charge in [-0.05, 0) is 25.5 Å². The van der Waals surface area contributed by atoms with Gasteiger partial charge < -0.3 is 14.4 Å². The maximum absolute atomic E-state index is 5.75. The van der Waals surface area contributed by atoms with Gasteiger partial charge in [-0.2, -0.15) is 0 Å². The van der Waals surface area contributed by atoms with Crippen molar-refractivity contribution >= 4 is 5.69 Å². The van der Waals surface area contributed by atoms with Gasteiger partial charge in [0.1, 0.15) is 0 Å². The Bertz CT molecular complexity index is 626. The molecule has 0 aliphatic carbocycles. The third kappa shape index (κ3) is 5.58. The Balaban J connectivity index is 0.000000227. The molecular weight excluding hydrogens is 322 g/mol. The molecule has 0 saturated carbocycles. The highest BCUT2D eigenvalue weighted by Crippen LogP contribution is 2.33. The van der Waals surface area contributed by atoms with Crippen LogP contribution >= 0.6 is 0 Å². The highest BCUT2D eigenvalue weighted by atomic mass is 16.7. The quantitative estimate of drug-likeness (QED) is 0.687. The molecule has 0 radical (unpaired) electrons. The van der Waals surface area contributed by atoms with Crippen LogP contribution in [0, 0.1) is 13.8 Å². The van der Waals surface area contributed by atoms with Crippen molar-refractivity contribution in [2.45, 2.75) is 46.3 Å². The lowest BCUT2D eigenvalue weighted by molar-refractivity contribution is -0.169. The zero-order valence-corrected chi connectivity index (χ0v) is 16.7. The third-order valence-corrected chi connectivity index (χ3v) is 4.74. The van der Waals surface area contributed by atoms with Gasteiger partial charge in [-0.1, -0.05) is 67.9 Å². The summed E-state index contributed by atoms with van der Waals surface area (Å²) >= 11 is 0. The molecule has 2 aliphatic rings. The lowest BCUT2D eigenvalue weighted by Gasteiger charge is -2.39. The summed E-state index contributed by atoms with van der Waals surface area (Å²) in [6.45, 7) is 11.8. The summed E-state index contributed by atoms with van der Waals surface area (Å²) in [5.41, 5.74) is 4.01. The van der Waals surface area contributed by atoms with Crippen molar-refractivity contribution in [1.82, 2.24) is 0 Å². The number of ether oxygens (including phenoxy) is 2. The second-order valence-electron chi connectivity index (χ2n) is 6.54. The minimum absolute atomic E-state index is 0.265. The van der Waals surface area contributed by atoms with Crippen LogP contribution < -0.4 is 4.90 Å². The molecule has 1 spiro atoms. The van der Waals surface area contributed by atoms with E-state index in [1.165, 1.54) is 16.8 Å². The van der Waals surface area contributed by atoms with E-state index in [4.69, 9.17) is 9.47 Å². The van der Waals surface area contributed by atoms with Crippen LogP contribution in [-0.2, 0) is 9.47 Å². The van der Waals surface area contributed by atoms with E-state index in [9.17, 15) is 0 Å². The Morgan fingerprint density at radius 3 is 1.81 bits per heavy atom. The van der Waals surface area contributed by atoms with Crippen molar-refractivity contribution in [2.75, 3.05) is 31.2 Å². The SMILES string of the molecule is CC.Cc1ccccc1.Cc1ccccc1N1CCC2(CC1)OCCO2.